The number of sulfonamides is 1. The van der Waals surface area contributed by atoms with Gasteiger partial charge in [0.05, 0.1) is 43.1 Å². The van der Waals surface area contributed by atoms with Crippen molar-refractivity contribution in [3.05, 3.63) is 101 Å². The minimum Gasteiger partial charge on any atom is -0.497 e. The SMILES string of the molecule is COc1ccc(CN(c2ncc(F)cn2)S(=O)(=O)c2ccc(OC3CCN(C(C)c4ccccc4)CC3)c(Cl)c2)c(OC)c1. The van der Waals surface area contributed by atoms with Crippen LogP contribution in [0.3, 0.4) is 0 Å². The van der Waals surface area contributed by atoms with Gasteiger partial charge in [0.25, 0.3) is 10.0 Å². The van der Waals surface area contributed by atoms with Gasteiger partial charge in [0, 0.05) is 30.8 Å². The Bertz CT molecular complexity index is 1670. The minimum atomic E-state index is -4.27. The molecule has 1 aliphatic heterocycles. The molecule has 2 heterocycles. The number of piperidine rings is 1. The first kappa shape index (κ1) is 31.5. The highest BCUT2D eigenvalue weighted by Gasteiger charge is 2.30. The highest BCUT2D eigenvalue weighted by atomic mass is 35.5. The topological polar surface area (TPSA) is 94.1 Å². The number of rotatable bonds is 11. The molecular weight excluding hydrogens is 607 g/mol. The summed E-state index contributed by atoms with van der Waals surface area (Å²) in [4.78, 5) is 10.2. The lowest BCUT2D eigenvalue weighted by Crippen LogP contribution is -2.39. The molecule has 1 fully saturated rings. The molecule has 1 saturated heterocycles. The maximum Gasteiger partial charge on any atom is 0.267 e. The average molecular weight is 641 g/mol. The van der Waals surface area contributed by atoms with Crippen molar-refractivity contribution in [1.82, 2.24) is 14.9 Å². The van der Waals surface area contributed by atoms with Crippen molar-refractivity contribution < 1.29 is 27.0 Å². The molecule has 5 rings (SSSR count). The standard InChI is InChI=1S/C32H34ClFN4O5S/c1-22(23-7-5-4-6-8-23)37-15-13-26(14-16-37)43-30-12-11-28(18-29(30)33)44(39,40)38(32-35-19-25(34)20-36-32)21-24-9-10-27(41-2)17-31(24)42-3/h4-12,17-20,22,26H,13-16,21H2,1-3H3. The predicted molar refractivity (Wildman–Crippen MR) is 166 cm³/mol. The van der Waals surface area contributed by atoms with Crippen LogP contribution in [0, 0.1) is 5.82 Å². The zero-order chi connectivity index (χ0) is 31.3. The monoisotopic (exact) mass is 640 g/mol. The molecule has 232 valence electrons. The molecule has 1 aromatic heterocycles. The van der Waals surface area contributed by atoms with Crippen LogP contribution >= 0.6 is 11.6 Å². The normalized spacial score (nSPS) is 15.0. The Labute approximate surface area is 262 Å². The Kier molecular flexibility index (Phi) is 9.87. The van der Waals surface area contributed by atoms with E-state index in [1.54, 1.807) is 24.3 Å². The molecule has 3 aromatic carbocycles. The number of benzene rings is 3. The number of aromatic nitrogens is 2. The van der Waals surface area contributed by atoms with Crippen LogP contribution in [0.15, 0.2) is 84.0 Å². The molecule has 1 aliphatic rings. The van der Waals surface area contributed by atoms with E-state index in [0.29, 0.717) is 28.9 Å². The molecule has 0 saturated carbocycles. The van der Waals surface area contributed by atoms with Gasteiger partial charge in [-0.2, -0.15) is 0 Å². The number of likely N-dealkylation sites (tertiary alicyclic amines) is 1. The Hall–Kier alpha value is -3.93. The van der Waals surface area contributed by atoms with Gasteiger partial charge in [0.1, 0.15) is 23.4 Å². The quantitative estimate of drug-likeness (QED) is 0.189. The molecule has 0 radical (unpaired) electrons. The largest absolute Gasteiger partial charge is 0.497 e. The number of halogens is 2. The van der Waals surface area contributed by atoms with Crippen LogP contribution in [0.2, 0.25) is 5.02 Å². The first-order valence-electron chi connectivity index (χ1n) is 14.2. The van der Waals surface area contributed by atoms with Gasteiger partial charge in [-0.15, -0.1) is 0 Å². The van der Waals surface area contributed by atoms with E-state index in [1.165, 1.54) is 31.9 Å². The van der Waals surface area contributed by atoms with Gasteiger partial charge >= 0.3 is 0 Å². The van der Waals surface area contributed by atoms with E-state index in [4.69, 9.17) is 25.8 Å². The van der Waals surface area contributed by atoms with Crippen LogP contribution in [0.25, 0.3) is 0 Å². The first-order valence-corrected chi connectivity index (χ1v) is 16.0. The fourth-order valence-corrected chi connectivity index (χ4v) is 6.87. The first-order chi connectivity index (χ1) is 21.2. The summed E-state index contributed by atoms with van der Waals surface area (Å²) in [7, 11) is -1.28. The van der Waals surface area contributed by atoms with E-state index in [-0.39, 0.29) is 28.5 Å². The van der Waals surface area contributed by atoms with E-state index in [9.17, 15) is 12.8 Å². The lowest BCUT2D eigenvalue weighted by molar-refractivity contribution is 0.0797. The molecule has 0 spiro atoms. The lowest BCUT2D eigenvalue weighted by Gasteiger charge is -2.36. The van der Waals surface area contributed by atoms with Crippen molar-refractivity contribution in [1.29, 1.82) is 0 Å². The fourth-order valence-electron chi connectivity index (χ4n) is 5.20. The third kappa shape index (κ3) is 7.06. The molecule has 0 N–H and O–H groups in total. The maximum absolute atomic E-state index is 14.0. The third-order valence-electron chi connectivity index (χ3n) is 7.73. The number of hydrogen-bond acceptors (Lipinski definition) is 8. The Morgan fingerprint density at radius 2 is 1.68 bits per heavy atom. The summed E-state index contributed by atoms with van der Waals surface area (Å²) in [6.45, 7) is 3.74. The van der Waals surface area contributed by atoms with Gasteiger partial charge in [-0.25, -0.2) is 27.1 Å². The van der Waals surface area contributed by atoms with E-state index in [2.05, 4.69) is 46.1 Å². The smallest absolute Gasteiger partial charge is 0.267 e. The molecule has 1 atom stereocenters. The molecule has 0 amide bonds. The second-order valence-corrected chi connectivity index (χ2v) is 12.7. The van der Waals surface area contributed by atoms with E-state index in [1.807, 2.05) is 6.07 Å². The number of ether oxygens (including phenoxy) is 3. The van der Waals surface area contributed by atoms with Crippen molar-refractivity contribution in [2.45, 2.75) is 43.4 Å². The number of anilines is 1. The van der Waals surface area contributed by atoms with Crippen LogP contribution in [0.5, 0.6) is 17.2 Å². The van der Waals surface area contributed by atoms with Crippen molar-refractivity contribution in [2.24, 2.45) is 0 Å². The molecule has 4 aromatic rings. The van der Waals surface area contributed by atoms with Crippen LogP contribution in [-0.4, -0.2) is 56.7 Å². The second kappa shape index (κ2) is 13.8. The van der Waals surface area contributed by atoms with Gasteiger partial charge < -0.3 is 14.2 Å². The Morgan fingerprint density at radius 3 is 2.32 bits per heavy atom. The zero-order valence-electron chi connectivity index (χ0n) is 24.7. The van der Waals surface area contributed by atoms with Crippen molar-refractivity contribution in [3.8, 4) is 17.2 Å². The molecule has 9 nitrogen and oxygen atoms in total. The minimum absolute atomic E-state index is 0.0548. The second-order valence-electron chi connectivity index (χ2n) is 10.4. The maximum atomic E-state index is 14.0. The molecular formula is C32H34ClFN4O5S. The highest BCUT2D eigenvalue weighted by molar-refractivity contribution is 7.92. The van der Waals surface area contributed by atoms with Gasteiger partial charge in [-0.1, -0.05) is 41.9 Å². The van der Waals surface area contributed by atoms with Gasteiger partial charge in [-0.3, -0.25) is 4.90 Å². The molecule has 12 heteroatoms. The summed E-state index contributed by atoms with van der Waals surface area (Å²) < 4.78 is 59.6. The molecule has 0 bridgehead atoms. The van der Waals surface area contributed by atoms with Gasteiger partial charge in [0.15, 0.2) is 5.82 Å². The summed E-state index contributed by atoms with van der Waals surface area (Å²) in [5.41, 5.74) is 1.79. The van der Waals surface area contributed by atoms with Crippen LogP contribution in [0.4, 0.5) is 10.3 Å². The molecule has 44 heavy (non-hydrogen) atoms. The Balaban J connectivity index is 1.34. The lowest BCUT2D eigenvalue weighted by atomic mass is 10.0. The number of nitrogens with zero attached hydrogens (tertiary/aromatic N) is 4. The van der Waals surface area contributed by atoms with Crippen LogP contribution < -0.4 is 18.5 Å². The molecule has 1 unspecified atom stereocenters. The third-order valence-corrected chi connectivity index (χ3v) is 9.75. The summed E-state index contributed by atoms with van der Waals surface area (Å²) >= 11 is 6.59. The van der Waals surface area contributed by atoms with E-state index >= 15 is 0 Å². The van der Waals surface area contributed by atoms with Crippen molar-refractivity contribution in [3.63, 3.8) is 0 Å². The highest BCUT2D eigenvalue weighted by Crippen LogP contribution is 2.34. The summed E-state index contributed by atoms with van der Waals surface area (Å²) in [5.74, 6) is 0.436. The average Bonchev–Trinajstić information content (AvgIpc) is 3.05. The number of methoxy groups -OCH3 is 2. The zero-order valence-corrected chi connectivity index (χ0v) is 26.3. The fraction of sp³-hybridized carbons (Fsp3) is 0.312. The van der Waals surface area contributed by atoms with Crippen LogP contribution in [-0.2, 0) is 16.6 Å². The number of hydrogen-bond donors (Lipinski definition) is 0. The van der Waals surface area contributed by atoms with Crippen molar-refractivity contribution in [2.75, 3.05) is 31.6 Å². The Morgan fingerprint density at radius 1 is 0.977 bits per heavy atom. The summed E-state index contributed by atoms with van der Waals surface area (Å²) in [6, 6.07) is 20.0. The summed E-state index contributed by atoms with van der Waals surface area (Å²) in [6.07, 6.45) is 3.39. The van der Waals surface area contributed by atoms with Gasteiger partial charge in [-0.05, 0) is 55.7 Å². The van der Waals surface area contributed by atoms with Crippen LogP contribution in [0.1, 0.15) is 36.9 Å². The predicted octanol–water partition coefficient (Wildman–Crippen LogP) is 6.29. The van der Waals surface area contributed by atoms with Gasteiger partial charge in [0.2, 0.25) is 5.95 Å². The van der Waals surface area contributed by atoms with E-state index in [0.717, 1.165) is 42.6 Å². The summed E-state index contributed by atoms with van der Waals surface area (Å²) in [5, 5.41) is 0.160. The van der Waals surface area contributed by atoms with E-state index < -0.39 is 15.8 Å². The molecule has 0 aliphatic carbocycles. The van der Waals surface area contributed by atoms with Crippen molar-refractivity contribution >= 4 is 27.6 Å².